The third-order valence-electron chi connectivity index (χ3n) is 5.68. The molecule has 0 amide bonds. The molecule has 1 aliphatic rings. The van der Waals surface area contributed by atoms with Crippen molar-refractivity contribution >= 4 is 16.0 Å². The first-order chi connectivity index (χ1) is 14.4. The Bertz CT molecular complexity index is 940. The Morgan fingerprint density at radius 3 is 2.30 bits per heavy atom. The number of ether oxygens (including phenoxy) is 1. The molecule has 3 rings (SSSR count). The van der Waals surface area contributed by atoms with Crippen molar-refractivity contribution in [3.63, 3.8) is 0 Å². The second kappa shape index (κ2) is 10.2. The van der Waals surface area contributed by atoms with Crippen LogP contribution in [0.4, 0.5) is 0 Å². The number of rotatable bonds is 9. The molecule has 0 aliphatic carbocycles. The number of likely N-dealkylation sites (tertiary alicyclic amines) is 1. The first-order valence-electron chi connectivity index (χ1n) is 10.4. The van der Waals surface area contributed by atoms with Crippen molar-refractivity contribution in [2.75, 3.05) is 26.7 Å². The van der Waals surface area contributed by atoms with Crippen LogP contribution in [0.3, 0.4) is 0 Å². The SMILES string of the molecule is COC(=O)CCNS(=O)(=O)c1ccc(-c2ccc(CCN3CCC[C@H]3C)cc2)cc1. The molecule has 7 heteroatoms. The second-order valence-electron chi connectivity index (χ2n) is 7.72. The van der Waals surface area contributed by atoms with Gasteiger partial charge in [0.15, 0.2) is 0 Å². The smallest absolute Gasteiger partial charge is 0.306 e. The Labute approximate surface area is 179 Å². The zero-order valence-corrected chi connectivity index (χ0v) is 18.5. The highest BCUT2D eigenvalue weighted by atomic mass is 32.2. The fraction of sp³-hybridized carbons (Fsp3) is 0.435. The summed E-state index contributed by atoms with van der Waals surface area (Å²) in [5, 5.41) is 0. The summed E-state index contributed by atoms with van der Waals surface area (Å²) in [4.78, 5) is 13.8. The molecular formula is C23H30N2O4S. The van der Waals surface area contributed by atoms with Gasteiger partial charge in [-0.2, -0.15) is 0 Å². The van der Waals surface area contributed by atoms with Crippen LogP contribution in [0.1, 0.15) is 31.7 Å². The van der Waals surface area contributed by atoms with Crippen molar-refractivity contribution in [3.05, 3.63) is 54.1 Å². The Balaban J connectivity index is 1.58. The van der Waals surface area contributed by atoms with Gasteiger partial charge in [-0.05, 0) is 61.6 Å². The zero-order chi connectivity index (χ0) is 21.6. The van der Waals surface area contributed by atoms with Gasteiger partial charge in [-0.15, -0.1) is 0 Å². The predicted molar refractivity (Wildman–Crippen MR) is 118 cm³/mol. The van der Waals surface area contributed by atoms with Gasteiger partial charge >= 0.3 is 5.97 Å². The van der Waals surface area contributed by atoms with Crippen molar-refractivity contribution in [3.8, 4) is 11.1 Å². The fourth-order valence-electron chi connectivity index (χ4n) is 3.76. The molecule has 0 unspecified atom stereocenters. The number of nitrogens with zero attached hydrogens (tertiary/aromatic N) is 1. The topological polar surface area (TPSA) is 75.7 Å². The number of sulfonamides is 1. The minimum atomic E-state index is -3.65. The molecule has 0 bridgehead atoms. The monoisotopic (exact) mass is 430 g/mol. The third-order valence-corrected chi connectivity index (χ3v) is 7.16. The number of methoxy groups -OCH3 is 1. The molecule has 1 aliphatic heterocycles. The van der Waals surface area contributed by atoms with Crippen LogP contribution in [0.2, 0.25) is 0 Å². The quantitative estimate of drug-likeness (QED) is 0.618. The summed E-state index contributed by atoms with van der Waals surface area (Å²) in [7, 11) is -2.38. The number of nitrogens with one attached hydrogen (secondary N) is 1. The minimum Gasteiger partial charge on any atom is -0.469 e. The lowest BCUT2D eigenvalue weighted by Crippen LogP contribution is -2.28. The van der Waals surface area contributed by atoms with E-state index in [-0.39, 0.29) is 17.9 Å². The third kappa shape index (κ3) is 5.90. The highest BCUT2D eigenvalue weighted by Gasteiger charge is 2.19. The molecule has 6 nitrogen and oxygen atoms in total. The first kappa shape index (κ1) is 22.5. The van der Waals surface area contributed by atoms with Gasteiger partial charge in [-0.3, -0.25) is 4.79 Å². The molecule has 0 spiro atoms. The summed E-state index contributed by atoms with van der Waals surface area (Å²) in [5.41, 5.74) is 3.32. The van der Waals surface area contributed by atoms with Crippen LogP contribution >= 0.6 is 0 Å². The molecule has 0 radical (unpaired) electrons. The summed E-state index contributed by atoms with van der Waals surface area (Å²) in [6.07, 6.45) is 3.63. The highest BCUT2D eigenvalue weighted by Crippen LogP contribution is 2.23. The molecule has 1 fully saturated rings. The molecule has 30 heavy (non-hydrogen) atoms. The number of hydrogen-bond donors (Lipinski definition) is 1. The Hall–Kier alpha value is -2.22. The number of esters is 1. The lowest BCUT2D eigenvalue weighted by atomic mass is 10.0. The maximum Gasteiger partial charge on any atom is 0.306 e. The standard InChI is InChI=1S/C23H30N2O4S/c1-18-4-3-16-25(18)17-14-19-5-7-20(8-6-19)21-9-11-22(12-10-21)30(27,28)24-15-13-23(26)29-2/h5-12,18,24H,3-4,13-17H2,1-2H3/t18-/m1/s1. The summed E-state index contributed by atoms with van der Waals surface area (Å²) in [6.45, 7) is 4.60. The number of hydrogen-bond acceptors (Lipinski definition) is 5. The van der Waals surface area contributed by atoms with E-state index in [0.717, 1.165) is 24.1 Å². The Kier molecular flexibility index (Phi) is 7.64. The van der Waals surface area contributed by atoms with E-state index >= 15 is 0 Å². The van der Waals surface area contributed by atoms with E-state index in [1.165, 1.54) is 32.1 Å². The van der Waals surface area contributed by atoms with Gasteiger partial charge in [-0.25, -0.2) is 13.1 Å². The molecule has 0 aromatic heterocycles. The summed E-state index contributed by atoms with van der Waals surface area (Å²) < 4.78 is 31.6. The van der Waals surface area contributed by atoms with E-state index in [1.807, 2.05) is 0 Å². The van der Waals surface area contributed by atoms with Crippen LogP contribution in [0.5, 0.6) is 0 Å². The van der Waals surface area contributed by atoms with Crippen LogP contribution in [0.25, 0.3) is 11.1 Å². The lowest BCUT2D eigenvalue weighted by Gasteiger charge is -2.20. The van der Waals surface area contributed by atoms with Crippen LogP contribution in [-0.4, -0.2) is 52.1 Å². The normalized spacial score (nSPS) is 17.2. The fourth-order valence-corrected chi connectivity index (χ4v) is 4.79. The second-order valence-corrected chi connectivity index (χ2v) is 9.49. The van der Waals surface area contributed by atoms with Crippen LogP contribution < -0.4 is 4.72 Å². The molecular weight excluding hydrogens is 400 g/mol. The van der Waals surface area contributed by atoms with E-state index in [4.69, 9.17) is 0 Å². The van der Waals surface area contributed by atoms with Crippen molar-refractivity contribution in [1.82, 2.24) is 9.62 Å². The predicted octanol–water partition coefficient (Wildman–Crippen LogP) is 3.22. The number of carbonyl (C=O) groups excluding carboxylic acids is 1. The minimum absolute atomic E-state index is 0.00314. The van der Waals surface area contributed by atoms with E-state index in [1.54, 1.807) is 24.3 Å². The average Bonchev–Trinajstić information content (AvgIpc) is 3.17. The van der Waals surface area contributed by atoms with E-state index < -0.39 is 16.0 Å². The van der Waals surface area contributed by atoms with Gasteiger partial charge in [-0.1, -0.05) is 36.4 Å². The molecule has 162 valence electrons. The summed E-state index contributed by atoms with van der Waals surface area (Å²) >= 11 is 0. The molecule has 0 saturated carbocycles. The molecule has 2 aromatic carbocycles. The lowest BCUT2D eigenvalue weighted by molar-refractivity contribution is -0.140. The molecule has 1 saturated heterocycles. The number of benzene rings is 2. The van der Waals surface area contributed by atoms with Crippen LogP contribution in [0, 0.1) is 0 Å². The summed E-state index contributed by atoms with van der Waals surface area (Å²) in [6, 6.07) is 15.9. The van der Waals surface area contributed by atoms with Gasteiger partial charge in [0.1, 0.15) is 0 Å². The van der Waals surface area contributed by atoms with Gasteiger partial charge in [0.25, 0.3) is 0 Å². The van der Waals surface area contributed by atoms with Crippen molar-refractivity contribution < 1.29 is 17.9 Å². The van der Waals surface area contributed by atoms with Gasteiger partial charge in [0.05, 0.1) is 18.4 Å². The maximum absolute atomic E-state index is 12.3. The Morgan fingerprint density at radius 2 is 1.73 bits per heavy atom. The van der Waals surface area contributed by atoms with Crippen molar-refractivity contribution in [2.24, 2.45) is 0 Å². The molecule has 2 aromatic rings. The molecule has 1 atom stereocenters. The Morgan fingerprint density at radius 1 is 1.10 bits per heavy atom. The van der Waals surface area contributed by atoms with Crippen LogP contribution in [-0.2, 0) is 26.0 Å². The number of carbonyl (C=O) groups is 1. The molecule has 1 N–H and O–H groups in total. The van der Waals surface area contributed by atoms with Gasteiger partial charge in [0.2, 0.25) is 10.0 Å². The largest absolute Gasteiger partial charge is 0.469 e. The molecule has 1 heterocycles. The van der Waals surface area contributed by atoms with E-state index in [2.05, 4.69) is 45.5 Å². The van der Waals surface area contributed by atoms with E-state index in [9.17, 15) is 13.2 Å². The van der Waals surface area contributed by atoms with Crippen molar-refractivity contribution in [1.29, 1.82) is 0 Å². The van der Waals surface area contributed by atoms with E-state index in [0.29, 0.717) is 6.04 Å². The first-order valence-corrected chi connectivity index (χ1v) is 11.9. The summed E-state index contributed by atoms with van der Waals surface area (Å²) in [5.74, 6) is -0.452. The van der Waals surface area contributed by atoms with Gasteiger partial charge < -0.3 is 9.64 Å². The highest BCUT2D eigenvalue weighted by molar-refractivity contribution is 7.89. The van der Waals surface area contributed by atoms with Crippen molar-refractivity contribution in [2.45, 2.75) is 43.5 Å². The van der Waals surface area contributed by atoms with Crippen LogP contribution in [0.15, 0.2) is 53.4 Å². The maximum atomic E-state index is 12.3. The average molecular weight is 431 g/mol. The zero-order valence-electron chi connectivity index (χ0n) is 17.6. The van der Waals surface area contributed by atoms with Gasteiger partial charge in [0, 0.05) is 19.1 Å².